The molecule has 1 N–H and O–H groups in total. The van der Waals surface area contributed by atoms with E-state index in [1.807, 2.05) is 31.2 Å². The van der Waals surface area contributed by atoms with E-state index in [-0.39, 0.29) is 25.8 Å². The van der Waals surface area contributed by atoms with Gasteiger partial charge < -0.3 is 14.6 Å². The molecule has 0 spiro atoms. The maximum Gasteiger partial charge on any atom is 0.317 e. The summed E-state index contributed by atoms with van der Waals surface area (Å²) in [6.07, 6.45) is 0.466. The smallest absolute Gasteiger partial charge is 0.317 e. The number of carbonyl (C=O) groups excluding carboxylic acids is 2. The standard InChI is InChI=1S/C16H20O5/c1-3-16(2,10-17)15(19)21-9-13-12-7-5-4-6-11(12)8-20-14(13)18/h4-7,13,17H,3,8-10H2,1-2H3. The van der Waals surface area contributed by atoms with Gasteiger partial charge in [-0.25, -0.2) is 0 Å². The number of esters is 2. The van der Waals surface area contributed by atoms with E-state index >= 15 is 0 Å². The second-order valence-corrected chi connectivity index (χ2v) is 5.53. The molecule has 0 saturated heterocycles. The van der Waals surface area contributed by atoms with Crippen LogP contribution in [0.25, 0.3) is 0 Å². The molecule has 1 aliphatic heterocycles. The lowest BCUT2D eigenvalue weighted by Gasteiger charge is -2.27. The van der Waals surface area contributed by atoms with Crippen molar-refractivity contribution in [2.75, 3.05) is 13.2 Å². The minimum Gasteiger partial charge on any atom is -0.464 e. The van der Waals surface area contributed by atoms with Crippen LogP contribution >= 0.6 is 0 Å². The average Bonchev–Trinajstić information content (AvgIpc) is 2.52. The molecule has 0 amide bonds. The van der Waals surface area contributed by atoms with Gasteiger partial charge >= 0.3 is 11.9 Å². The summed E-state index contributed by atoms with van der Waals surface area (Å²) < 4.78 is 10.4. The molecule has 2 rings (SSSR count). The van der Waals surface area contributed by atoms with Crippen LogP contribution < -0.4 is 0 Å². The summed E-state index contributed by atoms with van der Waals surface area (Å²) in [7, 11) is 0. The molecule has 2 atom stereocenters. The molecule has 0 fully saturated rings. The van der Waals surface area contributed by atoms with Gasteiger partial charge in [-0.1, -0.05) is 31.2 Å². The topological polar surface area (TPSA) is 72.8 Å². The molecule has 114 valence electrons. The van der Waals surface area contributed by atoms with E-state index in [4.69, 9.17) is 9.47 Å². The zero-order valence-corrected chi connectivity index (χ0v) is 12.3. The summed E-state index contributed by atoms with van der Waals surface area (Å²) in [5, 5.41) is 9.31. The third-order valence-corrected chi connectivity index (χ3v) is 4.09. The van der Waals surface area contributed by atoms with Gasteiger partial charge in [0.15, 0.2) is 0 Å². The van der Waals surface area contributed by atoms with Gasteiger partial charge in [0.1, 0.15) is 19.1 Å². The lowest BCUT2D eigenvalue weighted by molar-refractivity contribution is -0.161. The summed E-state index contributed by atoms with van der Waals surface area (Å²) in [6, 6.07) is 7.46. The molecule has 5 nitrogen and oxygen atoms in total. The van der Waals surface area contributed by atoms with Crippen LogP contribution in [-0.4, -0.2) is 30.3 Å². The predicted molar refractivity (Wildman–Crippen MR) is 75.4 cm³/mol. The van der Waals surface area contributed by atoms with Gasteiger partial charge in [0, 0.05) is 0 Å². The largest absolute Gasteiger partial charge is 0.464 e. The third-order valence-electron chi connectivity index (χ3n) is 4.09. The van der Waals surface area contributed by atoms with Crippen LogP contribution in [0.4, 0.5) is 0 Å². The first kappa shape index (κ1) is 15.5. The molecule has 0 saturated carbocycles. The predicted octanol–water partition coefficient (Wildman–Crippen LogP) is 1.78. The van der Waals surface area contributed by atoms with Crippen LogP contribution in [0.2, 0.25) is 0 Å². The zero-order valence-electron chi connectivity index (χ0n) is 12.3. The number of rotatable bonds is 5. The number of cyclic esters (lactones) is 1. The summed E-state index contributed by atoms with van der Waals surface area (Å²) in [5.41, 5.74) is 0.834. The third kappa shape index (κ3) is 3.08. The molecule has 21 heavy (non-hydrogen) atoms. The van der Waals surface area contributed by atoms with Gasteiger partial charge in [0.05, 0.1) is 12.0 Å². The van der Waals surface area contributed by atoms with Crippen molar-refractivity contribution in [2.45, 2.75) is 32.8 Å². The first-order valence-corrected chi connectivity index (χ1v) is 7.04. The van der Waals surface area contributed by atoms with Crippen LogP contribution in [0.5, 0.6) is 0 Å². The first-order valence-electron chi connectivity index (χ1n) is 7.04. The summed E-state index contributed by atoms with van der Waals surface area (Å²) in [6.45, 7) is 3.35. The molecule has 1 heterocycles. The molecule has 0 radical (unpaired) electrons. The number of ether oxygens (including phenoxy) is 2. The van der Waals surface area contributed by atoms with Gasteiger partial charge in [0.25, 0.3) is 0 Å². The number of hydrogen-bond donors (Lipinski definition) is 1. The fourth-order valence-corrected chi connectivity index (χ4v) is 2.19. The Morgan fingerprint density at radius 2 is 2.19 bits per heavy atom. The van der Waals surface area contributed by atoms with Crippen molar-refractivity contribution in [1.29, 1.82) is 0 Å². The average molecular weight is 292 g/mol. The van der Waals surface area contributed by atoms with E-state index in [0.717, 1.165) is 11.1 Å². The van der Waals surface area contributed by atoms with E-state index in [0.29, 0.717) is 6.42 Å². The quantitative estimate of drug-likeness (QED) is 0.837. The molecule has 2 unspecified atom stereocenters. The molecule has 0 aliphatic carbocycles. The van der Waals surface area contributed by atoms with Crippen LogP contribution in [0.15, 0.2) is 24.3 Å². The highest BCUT2D eigenvalue weighted by atomic mass is 16.6. The Hall–Kier alpha value is -1.88. The van der Waals surface area contributed by atoms with Crippen molar-refractivity contribution >= 4 is 11.9 Å². The van der Waals surface area contributed by atoms with Gasteiger partial charge in [-0.2, -0.15) is 0 Å². The van der Waals surface area contributed by atoms with Crippen molar-refractivity contribution < 1.29 is 24.2 Å². The van der Waals surface area contributed by atoms with E-state index in [2.05, 4.69) is 0 Å². The molecular formula is C16H20O5. The SMILES string of the molecule is CCC(C)(CO)C(=O)OCC1C(=O)OCc2ccccc21. The van der Waals surface area contributed by atoms with Crippen molar-refractivity contribution in [3.05, 3.63) is 35.4 Å². The Labute approximate surface area is 123 Å². The summed E-state index contributed by atoms with van der Waals surface area (Å²) in [4.78, 5) is 23.9. The Morgan fingerprint density at radius 3 is 2.86 bits per heavy atom. The molecular weight excluding hydrogens is 272 g/mol. The number of aliphatic hydroxyl groups is 1. The zero-order chi connectivity index (χ0) is 15.5. The first-order chi connectivity index (χ1) is 10.0. The molecule has 1 aromatic rings. The minimum absolute atomic E-state index is 0.0652. The second kappa shape index (κ2) is 6.26. The van der Waals surface area contributed by atoms with E-state index < -0.39 is 17.3 Å². The Morgan fingerprint density at radius 1 is 1.48 bits per heavy atom. The van der Waals surface area contributed by atoms with Crippen molar-refractivity contribution in [3.8, 4) is 0 Å². The molecule has 5 heteroatoms. The van der Waals surface area contributed by atoms with Crippen LogP contribution in [-0.2, 0) is 25.7 Å². The van der Waals surface area contributed by atoms with Crippen LogP contribution in [0.3, 0.4) is 0 Å². The highest BCUT2D eigenvalue weighted by Crippen LogP contribution is 2.29. The van der Waals surface area contributed by atoms with Crippen molar-refractivity contribution in [1.82, 2.24) is 0 Å². The normalized spacial score (nSPS) is 20.1. The summed E-state index contributed by atoms with van der Waals surface area (Å²) >= 11 is 0. The maximum atomic E-state index is 12.1. The minimum atomic E-state index is -0.932. The lowest BCUT2D eigenvalue weighted by atomic mass is 9.88. The number of aliphatic hydroxyl groups excluding tert-OH is 1. The molecule has 0 aromatic heterocycles. The van der Waals surface area contributed by atoms with E-state index in [9.17, 15) is 14.7 Å². The molecule has 1 aliphatic rings. The van der Waals surface area contributed by atoms with Crippen molar-refractivity contribution in [3.63, 3.8) is 0 Å². The Bertz CT molecular complexity index is 533. The van der Waals surface area contributed by atoms with Crippen LogP contribution in [0.1, 0.15) is 37.3 Å². The lowest BCUT2D eigenvalue weighted by Crippen LogP contribution is -2.35. The number of hydrogen-bond acceptors (Lipinski definition) is 5. The van der Waals surface area contributed by atoms with Gasteiger partial charge in [-0.15, -0.1) is 0 Å². The summed E-state index contributed by atoms with van der Waals surface area (Å²) in [5.74, 6) is -1.48. The second-order valence-electron chi connectivity index (χ2n) is 5.53. The highest BCUT2D eigenvalue weighted by Gasteiger charge is 2.35. The number of fused-ring (bicyclic) bond motifs is 1. The molecule has 1 aromatic carbocycles. The fraction of sp³-hybridized carbons (Fsp3) is 0.500. The monoisotopic (exact) mass is 292 g/mol. The van der Waals surface area contributed by atoms with E-state index in [1.54, 1.807) is 6.92 Å². The fourth-order valence-electron chi connectivity index (χ4n) is 2.19. The number of carbonyl (C=O) groups is 2. The van der Waals surface area contributed by atoms with Gasteiger partial charge in [-0.3, -0.25) is 9.59 Å². The maximum absolute atomic E-state index is 12.1. The molecule has 0 bridgehead atoms. The van der Waals surface area contributed by atoms with Crippen LogP contribution in [0, 0.1) is 5.41 Å². The highest BCUT2D eigenvalue weighted by molar-refractivity contribution is 5.81. The van der Waals surface area contributed by atoms with Crippen molar-refractivity contribution in [2.24, 2.45) is 5.41 Å². The number of benzene rings is 1. The van der Waals surface area contributed by atoms with Gasteiger partial charge in [-0.05, 0) is 24.5 Å². The Kier molecular flexibility index (Phi) is 4.63. The van der Waals surface area contributed by atoms with E-state index in [1.165, 1.54) is 0 Å². The van der Waals surface area contributed by atoms with Gasteiger partial charge in [0.2, 0.25) is 0 Å². The Balaban J connectivity index is 2.10.